The molecular weight excluding hydrogens is 228 g/mol. The van der Waals surface area contributed by atoms with Gasteiger partial charge >= 0.3 is 0 Å². The van der Waals surface area contributed by atoms with Gasteiger partial charge in [-0.25, -0.2) is 0 Å². The van der Waals surface area contributed by atoms with E-state index < -0.39 is 0 Å². The molecule has 1 aromatic carbocycles. The number of benzene rings is 1. The summed E-state index contributed by atoms with van der Waals surface area (Å²) in [5.41, 5.74) is 1.11. The summed E-state index contributed by atoms with van der Waals surface area (Å²) in [5.74, 6) is 0.992. The van der Waals surface area contributed by atoms with Crippen molar-refractivity contribution in [3.05, 3.63) is 22.7 Å². The third kappa shape index (κ3) is 1.70. The van der Waals surface area contributed by atoms with Crippen LogP contribution in [0.4, 0.5) is 5.82 Å². The number of aromatic nitrogens is 1. The molecule has 0 aliphatic heterocycles. The Morgan fingerprint density at radius 1 is 1.47 bits per heavy atom. The molecule has 1 heterocycles. The zero-order valence-electron chi connectivity index (χ0n) is 9.04. The van der Waals surface area contributed by atoms with Crippen molar-refractivity contribution >= 4 is 39.0 Å². The summed E-state index contributed by atoms with van der Waals surface area (Å²) in [5, 5.41) is 1.92. The molecule has 0 fully saturated rings. The molecule has 0 radical (unpaired) electrons. The number of aryl methyl sites for hydroxylation is 1. The molecule has 0 saturated carbocycles. The second-order valence-electron chi connectivity index (χ2n) is 3.59. The number of rotatable bonds is 2. The van der Waals surface area contributed by atoms with Crippen molar-refractivity contribution in [2.45, 2.75) is 13.8 Å². The Balaban J connectivity index is 2.72. The van der Waals surface area contributed by atoms with Gasteiger partial charge in [-0.15, -0.1) is 0 Å². The van der Waals surface area contributed by atoms with Crippen molar-refractivity contribution in [1.29, 1.82) is 0 Å². The minimum Gasteiger partial charge on any atom is -0.359 e. The number of anilines is 1. The van der Waals surface area contributed by atoms with Gasteiger partial charge in [0.2, 0.25) is 0 Å². The predicted octanol–water partition coefficient (Wildman–Crippen LogP) is 3.71. The zero-order chi connectivity index (χ0) is 11.0. The normalized spacial score (nSPS) is 10.9. The average Bonchev–Trinajstić information content (AvgIpc) is 2.67. The second kappa shape index (κ2) is 3.99. The highest BCUT2D eigenvalue weighted by molar-refractivity contribution is 7.13. The van der Waals surface area contributed by atoms with Gasteiger partial charge in [0.1, 0.15) is 0 Å². The van der Waals surface area contributed by atoms with Crippen LogP contribution in [-0.4, -0.2) is 18.0 Å². The monoisotopic (exact) mass is 240 g/mol. The van der Waals surface area contributed by atoms with E-state index in [-0.39, 0.29) is 0 Å². The second-order valence-corrected chi connectivity index (χ2v) is 4.77. The summed E-state index contributed by atoms with van der Waals surface area (Å²) in [7, 11) is 2.03. The summed E-state index contributed by atoms with van der Waals surface area (Å²) in [6.07, 6.45) is 0. The fourth-order valence-electron chi connectivity index (χ4n) is 1.50. The lowest BCUT2D eigenvalue weighted by atomic mass is 10.2. The molecule has 15 heavy (non-hydrogen) atoms. The summed E-state index contributed by atoms with van der Waals surface area (Å²) >= 11 is 7.82. The van der Waals surface area contributed by atoms with Gasteiger partial charge in [0.05, 0.1) is 15.1 Å². The van der Waals surface area contributed by atoms with Gasteiger partial charge in [-0.05, 0) is 37.0 Å². The molecule has 80 valence electrons. The Morgan fingerprint density at radius 2 is 2.20 bits per heavy atom. The summed E-state index contributed by atoms with van der Waals surface area (Å²) in [6, 6.07) is 4.12. The number of halogens is 1. The van der Waals surface area contributed by atoms with Gasteiger partial charge in [0.15, 0.2) is 5.82 Å². The predicted molar refractivity (Wildman–Crippen MR) is 68.3 cm³/mol. The first kappa shape index (κ1) is 10.7. The molecule has 0 saturated heterocycles. The fraction of sp³-hybridized carbons (Fsp3) is 0.364. The van der Waals surface area contributed by atoms with E-state index in [4.69, 9.17) is 11.6 Å². The highest BCUT2D eigenvalue weighted by atomic mass is 35.5. The minimum absolute atomic E-state index is 0.830. The van der Waals surface area contributed by atoms with Crippen LogP contribution in [0.3, 0.4) is 0 Å². The SMILES string of the molecule is CCN(C)c1nsc2ccc(C)c(Cl)c12. The van der Waals surface area contributed by atoms with E-state index in [2.05, 4.69) is 22.3 Å². The maximum atomic E-state index is 6.31. The lowest BCUT2D eigenvalue weighted by molar-refractivity contribution is 0.958. The maximum absolute atomic E-state index is 6.31. The van der Waals surface area contributed by atoms with E-state index >= 15 is 0 Å². The molecule has 0 spiro atoms. The summed E-state index contributed by atoms with van der Waals surface area (Å²) in [4.78, 5) is 2.12. The molecule has 2 rings (SSSR count). The molecular formula is C11H13ClN2S. The molecule has 2 aromatic rings. The van der Waals surface area contributed by atoms with E-state index in [0.29, 0.717) is 0 Å². The molecule has 0 unspecified atom stereocenters. The van der Waals surface area contributed by atoms with Crippen LogP contribution in [0.15, 0.2) is 12.1 Å². The van der Waals surface area contributed by atoms with Crippen molar-refractivity contribution in [3.8, 4) is 0 Å². The van der Waals surface area contributed by atoms with Crippen LogP contribution in [-0.2, 0) is 0 Å². The number of hydrogen-bond donors (Lipinski definition) is 0. The smallest absolute Gasteiger partial charge is 0.151 e. The van der Waals surface area contributed by atoms with Crippen molar-refractivity contribution in [3.63, 3.8) is 0 Å². The molecule has 0 N–H and O–H groups in total. The van der Waals surface area contributed by atoms with Crippen LogP contribution in [0, 0.1) is 6.92 Å². The van der Waals surface area contributed by atoms with E-state index in [1.807, 2.05) is 20.0 Å². The van der Waals surface area contributed by atoms with Crippen LogP contribution in [0.25, 0.3) is 10.1 Å². The third-order valence-electron chi connectivity index (χ3n) is 2.59. The Labute approximate surface area is 98.6 Å². The van der Waals surface area contributed by atoms with Gasteiger partial charge in [-0.1, -0.05) is 17.7 Å². The Morgan fingerprint density at radius 3 is 2.87 bits per heavy atom. The third-order valence-corrected chi connectivity index (χ3v) is 3.87. The Hall–Kier alpha value is -0.800. The first-order valence-electron chi connectivity index (χ1n) is 4.90. The lowest BCUT2D eigenvalue weighted by Gasteiger charge is -2.14. The van der Waals surface area contributed by atoms with Crippen LogP contribution < -0.4 is 4.90 Å². The summed E-state index contributed by atoms with van der Waals surface area (Å²) < 4.78 is 5.60. The van der Waals surface area contributed by atoms with Crippen LogP contribution in [0.2, 0.25) is 5.02 Å². The Kier molecular flexibility index (Phi) is 2.85. The number of fused-ring (bicyclic) bond motifs is 1. The Bertz CT molecular complexity index is 493. The van der Waals surface area contributed by atoms with E-state index in [1.54, 1.807) is 0 Å². The molecule has 0 aliphatic rings. The van der Waals surface area contributed by atoms with Gasteiger partial charge in [-0.2, -0.15) is 4.37 Å². The first-order valence-corrected chi connectivity index (χ1v) is 6.06. The highest BCUT2D eigenvalue weighted by Gasteiger charge is 2.13. The topological polar surface area (TPSA) is 16.1 Å². The van der Waals surface area contributed by atoms with Crippen molar-refractivity contribution in [1.82, 2.24) is 4.37 Å². The molecule has 1 aromatic heterocycles. The van der Waals surface area contributed by atoms with Crippen LogP contribution in [0.5, 0.6) is 0 Å². The molecule has 0 aliphatic carbocycles. The first-order chi connectivity index (χ1) is 7.15. The lowest BCUT2D eigenvalue weighted by Crippen LogP contribution is -2.16. The molecule has 0 amide bonds. The largest absolute Gasteiger partial charge is 0.359 e. The molecule has 0 bridgehead atoms. The molecule has 0 atom stereocenters. The zero-order valence-corrected chi connectivity index (χ0v) is 10.6. The standard InChI is InChI=1S/C11H13ClN2S/c1-4-14(3)11-9-8(15-13-11)6-5-7(2)10(9)12/h5-6H,4H2,1-3H3. The summed E-state index contributed by atoms with van der Waals surface area (Å²) in [6.45, 7) is 5.06. The van der Waals surface area contributed by atoms with Gasteiger partial charge in [-0.3, -0.25) is 0 Å². The van der Waals surface area contributed by atoms with Crippen LogP contribution in [0.1, 0.15) is 12.5 Å². The fourth-order valence-corrected chi connectivity index (χ4v) is 2.63. The van der Waals surface area contributed by atoms with E-state index in [0.717, 1.165) is 33.0 Å². The molecule has 2 nitrogen and oxygen atoms in total. The van der Waals surface area contributed by atoms with Gasteiger partial charge < -0.3 is 4.90 Å². The van der Waals surface area contributed by atoms with Gasteiger partial charge in [0.25, 0.3) is 0 Å². The highest BCUT2D eigenvalue weighted by Crippen LogP contribution is 2.36. The van der Waals surface area contributed by atoms with E-state index in [9.17, 15) is 0 Å². The van der Waals surface area contributed by atoms with E-state index in [1.165, 1.54) is 11.5 Å². The van der Waals surface area contributed by atoms with Crippen molar-refractivity contribution in [2.75, 3.05) is 18.5 Å². The van der Waals surface area contributed by atoms with Crippen molar-refractivity contribution in [2.24, 2.45) is 0 Å². The number of nitrogens with zero attached hydrogens (tertiary/aromatic N) is 2. The minimum atomic E-state index is 0.830. The number of hydrogen-bond acceptors (Lipinski definition) is 3. The van der Waals surface area contributed by atoms with Crippen molar-refractivity contribution < 1.29 is 0 Å². The van der Waals surface area contributed by atoms with Crippen LogP contribution >= 0.6 is 23.1 Å². The van der Waals surface area contributed by atoms with Gasteiger partial charge in [0, 0.05) is 13.6 Å². The quantitative estimate of drug-likeness (QED) is 0.796. The maximum Gasteiger partial charge on any atom is 0.151 e. The average molecular weight is 241 g/mol. The molecule has 4 heteroatoms.